The molecule has 0 saturated heterocycles. The fourth-order valence-corrected chi connectivity index (χ4v) is 1.14. The molecule has 0 bridgehead atoms. The van der Waals surface area contributed by atoms with E-state index >= 15 is 0 Å². The molecule has 2 N–H and O–H groups in total. The van der Waals surface area contributed by atoms with E-state index < -0.39 is 11.8 Å². The molecule has 1 aromatic carbocycles. The van der Waals surface area contributed by atoms with Crippen molar-refractivity contribution in [2.45, 2.75) is 0 Å². The molecule has 6 heteroatoms. The van der Waals surface area contributed by atoms with Gasteiger partial charge in [-0.25, -0.2) is 14.0 Å². The van der Waals surface area contributed by atoms with Crippen molar-refractivity contribution in [3.05, 3.63) is 35.7 Å². The summed E-state index contributed by atoms with van der Waals surface area (Å²) in [7, 11) is 3.13. The Morgan fingerprint density at radius 3 is 2.56 bits per heavy atom. The van der Waals surface area contributed by atoms with E-state index in [1.807, 2.05) is 0 Å². The van der Waals surface area contributed by atoms with Gasteiger partial charge in [-0.05, 0) is 24.3 Å². The zero-order chi connectivity index (χ0) is 13.7. The highest BCUT2D eigenvalue weighted by Gasteiger charge is 2.06. The molecule has 0 fully saturated rings. The Kier molecular flexibility index (Phi) is 4.42. The van der Waals surface area contributed by atoms with E-state index in [2.05, 4.69) is 5.32 Å². The van der Waals surface area contributed by atoms with Gasteiger partial charge in [0.1, 0.15) is 5.82 Å². The fraction of sp³-hybridized carbons (Fsp3) is 0.167. The summed E-state index contributed by atoms with van der Waals surface area (Å²) in [6.07, 6.45) is 1.99. The molecule has 2 amide bonds. The maximum atomic E-state index is 13.5. The van der Waals surface area contributed by atoms with E-state index in [4.69, 9.17) is 5.11 Å². The fourth-order valence-electron chi connectivity index (χ4n) is 1.14. The number of anilines is 1. The molecule has 0 heterocycles. The third kappa shape index (κ3) is 3.89. The average molecular weight is 252 g/mol. The average Bonchev–Trinajstić information content (AvgIpc) is 2.27. The quantitative estimate of drug-likeness (QED) is 0.808. The van der Waals surface area contributed by atoms with E-state index in [0.29, 0.717) is 5.69 Å². The van der Waals surface area contributed by atoms with Crippen LogP contribution in [0, 0.1) is 5.82 Å². The first-order valence-corrected chi connectivity index (χ1v) is 5.09. The number of carboxylic acid groups (broad SMARTS) is 1. The Morgan fingerprint density at radius 1 is 1.39 bits per heavy atom. The first-order chi connectivity index (χ1) is 8.40. The minimum atomic E-state index is -1.15. The van der Waals surface area contributed by atoms with Crippen LogP contribution in [-0.2, 0) is 4.79 Å². The number of carboxylic acids is 1. The number of nitrogens with zero attached hydrogens (tertiary/aromatic N) is 1. The van der Waals surface area contributed by atoms with Gasteiger partial charge in [0.2, 0.25) is 0 Å². The third-order valence-corrected chi connectivity index (χ3v) is 2.06. The van der Waals surface area contributed by atoms with E-state index in [1.165, 1.54) is 17.0 Å². The summed E-state index contributed by atoms with van der Waals surface area (Å²) in [5.74, 6) is -1.76. The Morgan fingerprint density at radius 2 is 2.06 bits per heavy atom. The van der Waals surface area contributed by atoms with Crippen LogP contribution >= 0.6 is 0 Å². The smallest absolute Gasteiger partial charge is 0.328 e. The maximum Gasteiger partial charge on any atom is 0.328 e. The standard InChI is InChI=1S/C12H13FN2O3/c1-15(2)12(18)14-9-5-3-8(10(13)7-9)4-6-11(16)17/h3-7H,1-2H3,(H,14,18)(H,16,17). The van der Waals surface area contributed by atoms with Crippen LogP contribution in [0.25, 0.3) is 6.08 Å². The zero-order valence-electron chi connectivity index (χ0n) is 9.98. The highest BCUT2D eigenvalue weighted by atomic mass is 19.1. The minimum absolute atomic E-state index is 0.139. The van der Waals surface area contributed by atoms with E-state index in [1.54, 1.807) is 14.1 Å². The number of nitrogens with one attached hydrogen (secondary N) is 1. The molecule has 0 saturated carbocycles. The topological polar surface area (TPSA) is 69.6 Å². The maximum absolute atomic E-state index is 13.5. The van der Waals surface area contributed by atoms with Gasteiger partial charge in [0.05, 0.1) is 0 Å². The Balaban J connectivity index is 2.86. The highest BCUT2D eigenvalue weighted by Crippen LogP contribution is 2.16. The number of hydrogen-bond donors (Lipinski definition) is 2. The van der Waals surface area contributed by atoms with Gasteiger partial charge in [0.25, 0.3) is 0 Å². The van der Waals surface area contributed by atoms with Crippen molar-refractivity contribution in [3.8, 4) is 0 Å². The van der Waals surface area contributed by atoms with Crippen molar-refractivity contribution >= 4 is 23.8 Å². The molecule has 0 aliphatic heterocycles. The minimum Gasteiger partial charge on any atom is -0.478 e. The first-order valence-electron chi connectivity index (χ1n) is 5.09. The molecule has 96 valence electrons. The largest absolute Gasteiger partial charge is 0.478 e. The summed E-state index contributed by atoms with van der Waals surface area (Å²) in [6.45, 7) is 0. The van der Waals surface area contributed by atoms with Gasteiger partial charge in [-0.2, -0.15) is 0 Å². The molecule has 1 rings (SSSR count). The van der Waals surface area contributed by atoms with Gasteiger partial charge in [-0.1, -0.05) is 0 Å². The molecule has 0 spiro atoms. The molecule has 0 atom stereocenters. The van der Waals surface area contributed by atoms with Crippen LogP contribution < -0.4 is 5.32 Å². The number of benzene rings is 1. The summed E-state index contributed by atoms with van der Waals surface area (Å²) in [5.41, 5.74) is 0.443. The van der Waals surface area contributed by atoms with Gasteiger partial charge in [-0.15, -0.1) is 0 Å². The summed E-state index contributed by atoms with van der Waals surface area (Å²) < 4.78 is 13.5. The Hall–Kier alpha value is -2.37. The number of carbonyl (C=O) groups excluding carboxylic acids is 1. The van der Waals surface area contributed by atoms with Crippen molar-refractivity contribution in [1.29, 1.82) is 0 Å². The monoisotopic (exact) mass is 252 g/mol. The molecule has 0 unspecified atom stereocenters. The van der Waals surface area contributed by atoms with Crippen LogP contribution in [-0.4, -0.2) is 36.1 Å². The van der Waals surface area contributed by atoms with Gasteiger partial charge < -0.3 is 15.3 Å². The lowest BCUT2D eigenvalue weighted by molar-refractivity contribution is -0.131. The molecule has 0 aliphatic rings. The highest BCUT2D eigenvalue weighted by molar-refractivity contribution is 5.89. The normalized spacial score (nSPS) is 10.4. The molecule has 1 aromatic rings. The van der Waals surface area contributed by atoms with Crippen LogP contribution in [0.3, 0.4) is 0 Å². The summed E-state index contributed by atoms with van der Waals surface area (Å²) in [6, 6.07) is 3.64. The Bertz CT molecular complexity index is 498. The second-order valence-corrected chi connectivity index (χ2v) is 3.73. The van der Waals surface area contributed by atoms with Crippen LogP contribution in [0.4, 0.5) is 14.9 Å². The van der Waals surface area contributed by atoms with Gasteiger partial charge in [0, 0.05) is 31.4 Å². The lowest BCUT2D eigenvalue weighted by Gasteiger charge is -2.12. The van der Waals surface area contributed by atoms with Gasteiger partial charge >= 0.3 is 12.0 Å². The SMILES string of the molecule is CN(C)C(=O)Nc1ccc(C=CC(=O)O)c(F)c1. The number of carbonyl (C=O) groups is 2. The predicted molar refractivity (Wildman–Crippen MR) is 65.8 cm³/mol. The Labute approximate surface area is 104 Å². The zero-order valence-corrected chi connectivity index (χ0v) is 9.98. The van der Waals surface area contributed by atoms with Crippen molar-refractivity contribution < 1.29 is 19.1 Å². The molecule has 0 aromatic heterocycles. The van der Waals surface area contributed by atoms with Crippen LogP contribution in [0.15, 0.2) is 24.3 Å². The number of urea groups is 1. The van der Waals surface area contributed by atoms with E-state index in [9.17, 15) is 14.0 Å². The molecule has 5 nitrogen and oxygen atoms in total. The molecule has 0 aliphatic carbocycles. The van der Waals surface area contributed by atoms with Crippen molar-refractivity contribution in [3.63, 3.8) is 0 Å². The number of amides is 2. The van der Waals surface area contributed by atoms with Gasteiger partial charge in [0.15, 0.2) is 0 Å². The lowest BCUT2D eigenvalue weighted by Crippen LogP contribution is -2.27. The van der Waals surface area contributed by atoms with Crippen LogP contribution in [0.5, 0.6) is 0 Å². The number of aliphatic carboxylic acids is 1. The first kappa shape index (κ1) is 13.7. The van der Waals surface area contributed by atoms with E-state index in [-0.39, 0.29) is 11.6 Å². The summed E-state index contributed by atoms with van der Waals surface area (Å²) in [4.78, 5) is 22.9. The summed E-state index contributed by atoms with van der Waals surface area (Å²) in [5, 5.41) is 10.9. The second kappa shape index (κ2) is 5.81. The predicted octanol–water partition coefficient (Wildman–Crippen LogP) is 2.02. The number of hydrogen-bond acceptors (Lipinski definition) is 2. The molecule has 18 heavy (non-hydrogen) atoms. The summed E-state index contributed by atoms with van der Waals surface area (Å²) >= 11 is 0. The molecular weight excluding hydrogens is 239 g/mol. The number of rotatable bonds is 3. The third-order valence-electron chi connectivity index (χ3n) is 2.06. The van der Waals surface area contributed by atoms with E-state index in [0.717, 1.165) is 18.2 Å². The number of halogens is 1. The van der Waals surface area contributed by atoms with Gasteiger partial charge in [-0.3, -0.25) is 0 Å². The van der Waals surface area contributed by atoms with Crippen molar-refractivity contribution in [2.24, 2.45) is 0 Å². The van der Waals surface area contributed by atoms with Crippen LogP contribution in [0.1, 0.15) is 5.56 Å². The molecule has 0 radical (unpaired) electrons. The van der Waals surface area contributed by atoms with Crippen molar-refractivity contribution in [1.82, 2.24) is 4.90 Å². The lowest BCUT2D eigenvalue weighted by atomic mass is 10.2. The van der Waals surface area contributed by atoms with Crippen LogP contribution in [0.2, 0.25) is 0 Å². The second-order valence-electron chi connectivity index (χ2n) is 3.73. The molecular formula is C12H13FN2O3. The van der Waals surface area contributed by atoms with Crippen molar-refractivity contribution in [2.75, 3.05) is 19.4 Å².